The van der Waals surface area contributed by atoms with E-state index in [0.717, 1.165) is 12.8 Å². The number of nitrogens with zero attached hydrogens (tertiary/aromatic N) is 1. The number of amides is 1. The molecule has 2 N–H and O–H groups in total. The average Bonchev–Trinajstić information content (AvgIpc) is 2.25. The van der Waals surface area contributed by atoms with E-state index >= 15 is 0 Å². The minimum Gasteiger partial charge on any atom is -0.395 e. The molecule has 0 spiro atoms. The van der Waals surface area contributed by atoms with Crippen molar-refractivity contribution < 1.29 is 9.90 Å². The van der Waals surface area contributed by atoms with Crippen LogP contribution in [0.5, 0.6) is 0 Å². The van der Waals surface area contributed by atoms with Crippen molar-refractivity contribution in [3.63, 3.8) is 0 Å². The van der Waals surface area contributed by atoms with Crippen molar-refractivity contribution in [3.05, 3.63) is 0 Å². The summed E-state index contributed by atoms with van der Waals surface area (Å²) in [4.78, 5) is 14.2. The van der Waals surface area contributed by atoms with Crippen LogP contribution in [0.4, 0.5) is 0 Å². The number of piperazine rings is 1. The smallest absolute Gasteiger partial charge is 0.240 e. The maximum Gasteiger partial charge on any atom is 0.240 e. The molecule has 1 saturated heterocycles. The number of fused-ring (bicyclic) bond motifs is 1. The van der Waals surface area contributed by atoms with Crippen molar-refractivity contribution in [2.24, 2.45) is 0 Å². The number of hydrogen-bond acceptors (Lipinski definition) is 3. The fourth-order valence-corrected chi connectivity index (χ4v) is 3.10. The van der Waals surface area contributed by atoms with Gasteiger partial charge in [0.15, 0.2) is 0 Å². The second kappa shape index (κ2) is 4.34. The highest BCUT2D eigenvalue weighted by Gasteiger charge is 2.47. The number of carbonyl (C=O) groups excluding carboxylic acids is 1. The van der Waals surface area contributed by atoms with E-state index in [0.29, 0.717) is 18.6 Å². The normalized spacial score (nSPS) is 34.3. The van der Waals surface area contributed by atoms with E-state index in [4.69, 9.17) is 5.11 Å². The average molecular weight is 226 g/mol. The van der Waals surface area contributed by atoms with Crippen LogP contribution in [-0.4, -0.2) is 46.7 Å². The first-order valence-corrected chi connectivity index (χ1v) is 6.26. The predicted molar refractivity (Wildman–Crippen MR) is 62.1 cm³/mol. The third kappa shape index (κ3) is 1.84. The molecule has 0 radical (unpaired) electrons. The standard InChI is InChI=1S/C12H22N2O2/c1-12(2)11(16)13-9-5-3-4-6-10(9)14(12)7-8-15/h9-10,15H,3-8H2,1-2H3,(H,13,16)/t9-,10-/m0/s1. The largest absolute Gasteiger partial charge is 0.395 e. The molecule has 92 valence electrons. The minimum atomic E-state index is -0.485. The van der Waals surface area contributed by atoms with Crippen LogP contribution in [0.2, 0.25) is 0 Å². The van der Waals surface area contributed by atoms with Gasteiger partial charge in [0.1, 0.15) is 0 Å². The molecule has 16 heavy (non-hydrogen) atoms. The Kier molecular flexibility index (Phi) is 3.22. The third-order valence-corrected chi connectivity index (χ3v) is 4.06. The Morgan fingerprint density at radius 2 is 2.12 bits per heavy atom. The van der Waals surface area contributed by atoms with E-state index in [-0.39, 0.29) is 12.5 Å². The number of aliphatic hydroxyl groups excluding tert-OH is 1. The van der Waals surface area contributed by atoms with Gasteiger partial charge in [0.25, 0.3) is 0 Å². The summed E-state index contributed by atoms with van der Waals surface area (Å²) in [5.41, 5.74) is -0.485. The predicted octanol–water partition coefficient (Wildman–Crippen LogP) is 0.500. The number of carbonyl (C=O) groups is 1. The fourth-order valence-electron chi connectivity index (χ4n) is 3.10. The van der Waals surface area contributed by atoms with Crippen LogP contribution in [0.15, 0.2) is 0 Å². The quantitative estimate of drug-likeness (QED) is 0.721. The van der Waals surface area contributed by atoms with E-state index in [1.807, 2.05) is 13.8 Å². The highest BCUT2D eigenvalue weighted by Crippen LogP contribution is 2.32. The summed E-state index contributed by atoms with van der Waals surface area (Å²) in [5, 5.41) is 12.3. The van der Waals surface area contributed by atoms with Crippen molar-refractivity contribution in [2.75, 3.05) is 13.2 Å². The van der Waals surface area contributed by atoms with Gasteiger partial charge < -0.3 is 10.4 Å². The number of nitrogens with one attached hydrogen (secondary N) is 1. The lowest BCUT2D eigenvalue weighted by molar-refractivity contribution is -0.143. The molecule has 0 unspecified atom stereocenters. The minimum absolute atomic E-state index is 0.101. The van der Waals surface area contributed by atoms with Gasteiger partial charge in [-0.2, -0.15) is 0 Å². The van der Waals surface area contributed by atoms with Crippen molar-refractivity contribution in [2.45, 2.75) is 57.2 Å². The van der Waals surface area contributed by atoms with Crippen LogP contribution in [0.1, 0.15) is 39.5 Å². The number of hydrogen-bond donors (Lipinski definition) is 2. The topological polar surface area (TPSA) is 52.6 Å². The molecular weight excluding hydrogens is 204 g/mol. The molecule has 2 fully saturated rings. The summed E-state index contributed by atoms with van der Waals surface area (Å²) in [6.45, 7) is 4.62. The molecule has 1 heterocycles. The number of β-amino-alcohol motifs (C(OH)–C–C–N with tert-alkyl or cyclic N) is 1. The fraction of sp³-hybridized carbons (Fsp3) is 0.917. The molecule has 1 amide bonds. The van der Waals surface area contributed by atoms with Crippen LogP contribution in [0, 0.1) is 0 Å². The summed E-state index contributed by atoms with van der Waals surface area (Å²) >= 11 is 0. The highest BCUT2D eigenvalue weighted by atomic mass is 16.3. The maximum absolute atomic E-state index is 12.0. The third-order valence-electron chi connectivity index (χ3n) is 4.06. The number of rotatable bonds is 2. The Balaban J connectivity index is 2.21. The van der Waals surface area contributed by atoms with Gasteiger partial charge >= 0.3 is 0 Å². The monoisotopic (exact) mass is 226 g/mol. The molecule has 0 aromatic carbocycles. The second-order valence-electron chi connectivity index (χ2n) is 5.41. The van der Waals surface area contributed by atoms with E-state index in [2.05, 4.69) is 10.2 Å². The lowest BCUT2D eigenvalue weighted by atomic mass is 9.82. The summed E-state index contributed by atoms with van der Waals surface area (Å²) in [6.07, 6.45) is 4.65. The summed E-state index contributed by atoms with van der Waals surface area (Å²) in [7, 11) is 0. The van der Waals surface area contributed by atoms with E-state index in [1.54, 1.807) is 0 Å². The maximum atomic E-state index is 12.0. The van der Waals surface area contributed by atoms with E-state index in [9.17, 15) is 4.79 Å². The first-order chi connectivity index (χ1) is 7.57. The van der Waals surface area contributed by atoms with Gasteiger partial charge in [0.05, 0.1) is 12.1 Å². The first kappa shape index (κ1) is 11.9. The van der Waals surface area contributed by atoms with E-state index < -0.39 is 5.54 Å². The van der Waals surface area contributed by atoms with Crippen molar-refractivity contribution >= 4 is 5.91 Å². The zero-order valence-electron chi connectivity index (χ0n) is 10.2. The molecule has 4 nitrogen and oxygen atoms in total. The zero-order valence-corrected chi connectivity index (χ0v) is 10.2. The molecular formula is C12H22N2O2. The summed E-state index contributed by atoms with van der Waals surface area (Å²) < 4.78 is 0. The lowest BCUT2D eigenvalue weighted by Crippen LogP contribution is -2.71. The Labute approximate surface area is 97.0 Å². The Bertz CT molecular complexity index is 278. The van der Waals surface area contributed by atoms with Crippen molar-refractivity contribution in [1.82, 2.24) is 10.2 Å². The molecule has 0 aromatic heterocycles. The van der Waals surface area contributed by atoms with Crippen LogP contribution < -0.4 is 5.32 Å². The Hall–Kier alpha value is -0.610. The van der Waals surface area contributed by atoms with Crippen LogP contribution in [-0.2, 0) is 4.79 Å². The SMILES string of the molecule is CC1(C)C(=O)N[C@H]2CCCC[C@@H]2N1CCO. The molecule has 2 aliphatic rings. The Morgan fingerprint density at radius 1 is 1.44 bits per heavy atom. The van der Waals surface area contributed by atoms with Crippen LogP contribution in [0.25, 0.3) is 0 Å². The summed E-state index contributed by atoms with van der Waals surface area (Å²) in [5.74, 6) is 0.101. The molecule has 1 aliphatic carbocycles. The van der Waals surface area contributed by atoms with Crippen molar-refractivity contribution in [1.29, 1.82) is 0 Å². The van der Waals surface area contributed by atoms with Gasteiger partial charge in [-0.1, -0.05) is 12.8 Å². The van der Waals surface area contributed by atoms with Gasteiger partial charge in [-0.05, 0) is 26.7 Å². The lowest BCUT2D eigenvalue weighted by Gasteiger charge is -2.52. The zero-order chi connectivity index (χ0) is 11.8. The van der Waals surface area contributed by atoms with Crippen molar-refractivity contribution in [3.8, 4) is 0 Å². The van der Waals surface area contributed by atoms with Gasteiger partial charge in [-0.3, -0.25) is 9.69 Å². The first-order valence-electron chi connectivity index (χ1n) is 6.26. The van der Waals surface area contributed by atoms with Crippen LogP contribution in [0.3, 0.4) is 0 Å². The second-order valence-corrected chi connectivity index (χ2v) is 5.41. The van der Waals surface area contributed by atoms with Gasteiger partial charge in [-0.25, -0.2) is 0 Å². The van der Waals surface area contributed by atoms with Gasteiger partial charge in [0.2, 0.25) is 5.91 Å². The molecule has 2 rings (SSSR count). The van der Waals surface area contributed by atoms with E-state index in [1.165, 1.54) is 12.8 Å². The highest BCUT2D eigenvalue weighted by molar-refractivity contribution is 5.86. The Morgan fingerprint density at radius 3 is 2.81 bits per heavy atom. The molecule has 2 atom stereocenters. The molecule has 0 aromatic rings. The molecule has 4 heteroatoms. The van der Waals surface area contributed by atoms with Crippen LogP contribution >= 0.6 is 0 Å². The number of aliphatic hydroxyl groups is 1. The molecule has 1 saturated carbocycles. The molecule has 0 bridgehead atoms. The molecule has 1 aliphatic heterocycles. The van der Waals surface area contributed by atoms with Gasteiger partial charge in [0, 0.05) is 18.6 Å². The summed E-state index contributed by atoms with van der Waals surface area (Å²) in [6, 6.07) is 0.703. The van der Waals surface area contributed by atoms with Gasteiger partial charge in [-0.15, -0.1) is 0 Å².